The lowest BCUT2D eigenvalue weighted by Gasteiger charge is -2.18. The average Bonchev–Trinajstić information content (AvgIpc) is 2.39. The maximum Gasteiger partial charge on any atom is 0.309 e. The van der Waals surface area contributed by atoms with Crippen molar-refractivity contribution in [2.45, 2.75) is 33.1 Å². The topological polar surface area (TPSA) is 89.7 Å². The lowest BCUT2D eigenvalue weighted by molar-refractivity contribution is -0.384. The minimum absolute atomic E-state index is 0.0874. The molecule has 6 nitrogen and oxygen atoms in total. The second-order valence-electron chi connectivity index (χ2n) is 5.37. The minimum Gasteiger partial charge on any atom is -0.492 e. The zero-order valence-electron chi connectivity index (χ0n) is 12.0. The predicted octanol–water partition coefficient (Wildman–Crippen LogP) is 3.91. The molecular formula is C14H18ClNO5. The smallest absolute Gasteiger partial charge is 0.309 e. The van der Waals surface area contributed by atoms with Crippen molar-refractivity contribution in [3.8, 4) is 5.75 Å². The number of nitro benzene ring substituents is 1. The van der Waals surface area contributed by atoms with E-state index < -0.39 is 16.3 Å². The van der Waals surface area contributed by atoms with Crippen molar-refractivity contribution >= 4 is 23.3 Å². The molecule has 0 aliphatic carbocycles. The van der Waals surface area contributed by atoms with E-state index in [1.807, 2.05) is 0 Å². The van der Waals surface area contributed by atoms with E-state index in [2.05, 4.69) is 0 Å². The number of halogens is 1. The first-order valence-electron chi connectivity index (χ1n) is 6.54. The van der Waals surface area contributed by atoms with Crippen LogP contribution in [0.15, 0.2) is 18.2 Å². The summed E-state index contributed by atoms with van der Waals surface area (Å²) in [7, 11) is 0. The van der Waals surface area contributed by atoms with Crippen LogP contribution >= 0.6 is 11.6 Å². The van der Waals surface area contributed by atoms with Crippen LogP contribution in [0.5, 0.6) is 5.75 Å². The van der Waals surface area contributed by atoms with Gasteiger partial charge in [0.25, 0.3) is 5.69 Å². The van der Waals surface area contributed by atoms with Crippen molar-refractivity contribution in [3.05, 3.63) is 33.3 Å². The molecule has 7 heteroatoms. The van der Waals surface area contributed by atoms with Gasteiger partial charge < -0.3 is 9.84 Å². The van der Waals surface area contributed by atoms with Gasteiger partial charge in [-0.2, -0.15) is 0 Å². The number of nitro groups is 1. The summed E-state index contributed by atoms with van der Waals surface area (Å²) in [5.41, 5.74) is -0.832. The zero-order valence-corrected chi connectivity index (χ0v) is 12.7. The van der Waals surface area contributed by atoms with Gasteiger partial charge in [-0.25, -0.2) is 0 Å². The molecule has 1 aromatic rings. The molecule has 116 valence electrons. The zero-order chi connectivity index (χ0) is 16.0. The van der Waals surface area contributed by atoms with Crippen molar-refractivity contribution in [1.82, 2.24) is 0 Å². The van der Waals surface area contributed by atoms with E-state index in [1.54, 1.807) is 13.8 Å². The van der Waals surface area contributed by atoms with Gasteiger partial charge in [-0.3, -0.25) is 14.9 Å². The van der Waals surface area contributed by atoms with E-state index in [9.17, 15) is 14.9 Å². The molecule has 0 amide bonds. The number of carboxylic acid groups (broad SMARTS) is 1. The predicted molar refractivity (Wildman–Crippen MR) is 78.9 cm³/mol. The number of benzene rings is 1. The fraction of sp³-hybridized carbons (Fsp3) is 0.500. The molecule has 0 spiro atoms. The summed E-state index contributed by atoms with van der Waals surface area (Å²) in [6, 6.07) is 4.03. The number of hydrogen-bond acceptors (Lipinski definition) is 4. The van der Waals surface area contributed by atoms with Crippen LogP contribution in [0, 0.1) is 15.5 Å². The molecule has 1 N–H and O–H groups in total. The molecule has 0 radical (unpaired) electrons. The van der Waals surface area contributed by atoms with Crippen LogP contribution in [0.1, 0.15) is 33.1 Å². The Hall–Kier alpha value is -1.82. The van der Waals surface area contributed by atoms with Gasteiger partial charge in [0.1, 0.15) is 5.75 Å². The fourth-order valence-corrected chi connectivity index (χ4v) is 1.91. The van der Waals surface area contributed by atoms with Crippen LogP contribution in [0.25, 0.3) is 0 Å². The Kier molecular flexibility index (Phi) is 5.96. The quantitative estimate of drug-likeness (QED) is 0.446. The second kappa shape index (κ2) is 7.26. The van der Waals surface area contributed by atoms with Gasteiger partial charge in [0.05, 0.1) is 22.0 Å². The Balaban J connectivity index is 2.40. The van der Waals surface area contributed by atoms with E-state index >= 15 is 0 Å². The van der Waals surface area contributed by atoms with Crippen LogP contribution in [-0.4, -0.2) is 22.6 Å². The molecule has 0 unspecified atom stereocenters. The normalized spacial score (nSPS) is 11.2. The highest BCUT2D eigenvalue weighted by Gasteiger charge is 2.26. The number of nitrogens with zero attached hydrogens (tertiary/aromatic N) is 1. The molecule has 0 aliphatic rings. The van der Waals surface area contributed by atoms with Crippen molar-refractivity contribution in [3.63, 3.8) is 0 Å². The monoisotopic (exact) mass is 315 g/mol. The first kappa shape index (κ1) is 17.2. The van der Waals surface area contributed by atoms with Crippen LogP contribution in [0.3, 0.4) is 0 Å². The molecule has 21 heavy (non-hydrogen) atoms. The first-order chi connectivity index (χ1) is 9.74. The molecule has 0 heterocycles. The van der Waals surface area contributed by atoms with Gasteiger partial charge in [0.15, 0.2) is 0 Å². The third-order valence-electron chi connectivity index (χ3n) is 3.16. The Morgan fingerprint density at radius 1 is 1.43 bits per heavy atom. The number of rotatable bonds is 8. The van der Waals surface area contributed by atoms with Crippen molar-refractivity contribution in [2.24, 2.45) is 5.41 Å². The molecule has 0 saturated heterocycles. The maximum atomic E-state index is 10.9. The van der Waals surface area contributed by atoms with Gasteiger partial charge in [-0.1, -0.05) is 11.6 Å². The van der Waals surface area contributed by atoms with E-state index in [4.69, 9.17) is 21.4 Å². The number of aliphatic carboxylic acids is 1. The Morgan fingerprint density at radius 2 is 2.10 bits per heavy atom. The van der Waals surface area contributed by atoms with Crippen LogP contribution in [0.4, 0.5) is 5.69 Å². The first-order valence-corrected chi connectivity index (χ1v) is 6.92. The van der Waals surface area contributed by atoms with Gasteiger partial charge in [0, 0.05) is 12.1 Å². The highest BCUT2D eigenvalue weighted by atomic mass is 35.5. The van der Waals surface area contributed by atoms with Crippen LogP contribution < -0.4 is 4.74 Å². The SMILES string of the molecule is CC(C)(CCCCOc1ccc([N+](=O)[O-])cc1Cl)C(=O)O. The Bertz CT molecular complexity index is 530. The summed E-state index contributed by atoms with van der Waals surface area (Å²) in [5.74, 6) is -0.429. The Labute approximate surface area is 127 Å². The molecule has 1 rings (SSSR count). The van der Waals surface area contributed by atoms with E-state index in [0.29, 0.717) is 31.6 Å². The molecular weight excluding hydrogens is 298 g/mol. The number of carbonyl (C=O) groups is 1. The van der Waals surface area contributed by atoms with Gasteiger partial charge >= 0.3 is 5.97 Å². The summed E-state index contributed by atoms with van der Waals surface area (Å²) < 4.78 is 5.44. The average molecular weight is 316 g/mol. The highest BCUT2D eigenvalue weighted by molar-refractivity contribution is 6.32. The lowest BCUT2D eigenvalue weighted by atomic mass is 9.87. The maximum absolute atomic E-state index is 10.9. The van der Waals surface area contributed by atoms with E-state index in [0.717, 1.165) is 0 Å². The third-order valence-corrected chi connectivity index (χ3v) is 3.45. The Morgan fingerprint density at radius 3 is 2.62 bits per heavy atom. The molecule has 0 bridgehead atoms. The lowest BCUT2D eigenvalue weighted by Crippen LogP contribution is -2.23. The van der Waals surface area contributed by atoms with Gasteiger partial charge in [0.2, 0.25) is 0 Å². The number of hydrogen-bond donors (Lipinski definition) is 1. The van der Waals surface area contributed by atoms with E-state index in [-0.39, 0.29) is 10.7 Å². The number of carboxylic acids is 1. The summed E-state index contributed by atoms with van der Waals surface area (Å²) in [6.07, 6.45) is 1.95. The van der Waals surface area contributed by atoms with Gasteiger partial charge in [-0.15, -0.1) is 0 Å². The molecule has 0 fully saturated rings. The summed E-state index contributed by atoms with van der Waals surface area (Å²) in [5, 5.41) is 19.7. The molecule has 0 atom stereocenters. The summed E-state index contributed by atoms with van der Waals surface area (Å²) >= 11 is 5.89. The number of non-ortho nitro benzene ring substituents is 1. The minimum atomic E-state index is -0.818. The largest absolute Gasteiger partial charge is 0.492 e. The van der Waals surface area contributed by atoms with Crippen LogP contribution in [-0.2, 0) is 4.79 Å². The van der Waals surface area contributed by atoms with Crippen molar-refractivity contribution in [2.75, 3.05) is 6.61 Å². The van der Waals surface area contributed by atoms with E-state index in [1.165, 1.54) is 18.2 Å². The fourth-order valence-electron chi connectivity index (χ4n) is 1.68. The molecule has 0 saturated carbocycles. The van der Waals surface area contributed by atoms with Crippen molar-refractivity contribution < 1.29 is 19.6 Å². The molecule has 0 aromatic heterocycles. The standard InChI is InChI=1S/C14H18ClNO5/c1-14(2,13(17)18)7-3-4-8-21-12-6-5-10(16(19)20)9-11(12)15/h5-6,9H,3-4,7-8H2,1-2H3,(H,17,18). The molecule has 1 aromatic carbocycles. The summed E-state index contributed by atoms with van der Waals surface area (Å²) in [6.45, 7) is 3.75. The number of unbranched alkanes of at least 4 members (excludes halogenated alkanes) is 1. The molecule has 0 aliphatic heterocycles. The second-order valence-corrected chi connectivity index (χ2v) is 5.77. The van der Waals surface area contributed by atoms with Crippen LogP contribution in [0.2, 0.25) is 5.02 Å². The summed E-state index contributed by atoms with van der Waals surface area (Å²) in [4.78, 5) is 21.0. The highest BCUT2D eigenvalue weighted by Crippen LogP contribution is 2.29. The van der Waals surface area contributed by atoms with Crippen molar-refractivity contribution in [1.29, 1.82) is 0 Å². The number of ether oxygens (including phenoxy) is 1. The third kappa shape index (κ3) is 5.23. The van der Waals surface area contributed by atoms with Gasteiger partial charge in [-0.05, 0) is 39.2 Å².